The van der Waals surface area contributed by atoms with Crippen molar-refractivity contribution in [3.8, 4) is 5.69 Å². The summed E-state index contributed by atoms with van der Waals surface area (Å²) in [4.78, 5) is 2.79. The summed E-state index contributed by atoms with van der Waals surface area (Å²) in [7, 11) is -3.53. The zero-order valence-corrected chi connectivity index (χ0v) is 19.4. The van der Waals surface area contributed by atoms with Gasteiger partial charge in [-0.1, -0.05) is 54.1 Å². The largest absolute Gasteiger partial charge is 0.303 e. The monoisotopic (exact) mass is 456 g/mol. The van der Waals surface area contributed by atoms with Crippen molar-refractivity contribution in [1.29, 1.82) is 0 Å². The van der Waals surface area contributed by atoms with Gasteiger partial charge in [-0.15, -0.1) is 10.2 Å². The van der Waals surface area contributed by atoms with Crippen LogP contribution in [0.3, 0.4) is 0 Å². The zero-order chi connectivity index (χ0) is 21.7. The van der Waals surface area contributed by atoms with Crippen molar-refractivity contribution in [2.24, 2.45) is 0 Å². The van der Waals surface area contributed by atoms with Crippen LogP contribution in [0.2, 0.25) is 0 Å². The van der Waals surface area contributed by atoms with Crippen LogP contribution in [-0.2, 0) is 15.6 Å². The van der Waals surface area contributed by atoms with Crippen molar-refractivity contribution < 1.29 is 8.42 Å². The molecule has 0 amide bonds. The first kappa shape index (κ1) is 22.0. The van der Waals surface area contributed by atoms with Crippen LogP contribution in [0, 0.1) is 6.92 Å². The molecule has 0 saturated carbocycles. The number of hydrogen-bond donors (Lipinski definition) is 0. The predicted molar refractivity (Wildman–Crippen MR) is 124 cm³/mol. The van der Waals surface area contributed by atoms with Gasteiger partial charge in [0.2, 0.25) is 0 Å². The van der Waals surface area contributed by atoms with Crippen LogP contribution < -0.4 is 0 Å². The van der Waals surface area contributed by atoms with E-state index in [0.717, 1.165) is 41.8 Å². The van der Waals surface area contributed by atoms with E-state index in [1.54, 1.807) is 23.9 Å². The normalized spacial score (nSPS) is 15.3. The third-order valence-electron chi connectivity index (χ3n) is 5.50. The molecule has 0 atom stereocenters. The summed E-state index contributed by atoms with van der Waals surface area (Å²) >= 11 is 1.63. The molecule has 0 aliphatic carbocycles. The second-order valence-corrected chi connectivity index (χ2v) is 10.9. The number of hydrogen-bond acceptors (Lipinski definition) is 6. The molecule has 2 heterocycles. The second-order valence-electron chi connectivity index (χ2n) is 7.89. The van der Waals surface area contributed by atoms with Gasteiger partial charge in [-0.05, 0) is 57.1 Å². The van der Waals surface area contributed by atoms with Gasteiger partial charge >= 0.3 is 0 Å². The average molecular weight is 457 g/mol. The summed E-state index contributed by atoms with van der Waals surface area (Å²) < 4.78 is 27.9. The second kappa shape index (κ2) is 9.97. The molecule has 4 rings (SSSR count). The van der Waals surface area contributed by atoms with E-state index in [0.29, 0.717) is 10.7 Å². The highest BCUT2D eigenvalue weighted by atomic mass is 32.2. The summed E-state index contributed by atoms with van der Waals surface area (Å²) in [5.74, 6) is 1.15. The lowest BCUT2D eigenvalue weighted by molar-refractivity contribution is 0.242. The molecule has 0 N–H and O–H groups in total. The van der Waals surface area contributed by atoms with E-state index in [9.17, 15) is 8.42 Å². The van der Waals surface area contributed by atoms with Crippen LogP contribution in [0.4, 0.5) is 0 Å². The molecule has 0 radical (unpaired) electrons. The molecule has 0 bridgehead atoms. The molecular formula is C23H28N4O2S2. The van der Waals surface area contributed by atoms with E-state index >= 15 is 0 Å². The fourth-order valence-corrected chi connectivity index (χ4v) is 5.99. The minimum atomic E-state index is -3.53. The number of piperidine rings is 1. The van der Waals surface area contributed by atoms with E-state index in [1.807, 2.05) is 54.0 Å². The molecule has 1 fully saturated rings. The SMILES string of the molecule is Cc1ccc(S(=O)(=O)Cc2nnc(SCCN3CCCCC3)n2-c2ccccc2)cc1. The number of likely N-dealkylation sites (tertiary alicyclic amines) is 1. The first-order valence-electron chi connectivity index (χ1n) is 10.7. The van der Waals surface area contributed by atoms with Crippen molar-refractivity contribution in [3.63, 3.8) is 0 Å². The number of aromatic nitrogens is 3. The zero-order valence-electron chi connectivity index (χ0n) is 17.8. The molecule has 0 unspecified atom stereocenters. The van der Waals surface area contributed by atoms with Gasteiger partial charge in [-0.2, -0.15) is 0 Å². The number of thioether (sulfide) groups is 1. The quantitative estimate of drug-likeness (QED) is 0.475. The Labute approximate surface area is 188 Å². The molecule has 1 aromatic heterocycles. The molecule has 0 spiro atoms. The van der Waals surface area contributed by atoms with Crippen LogP contribution in [0.25, 0.3) is 5.69 Å². The van der Waals surface area contributed by atoms with Gasteiger partial charge < -0.3 is 4.90 Å². The van der Waals surface area contributed by atoms with E-state index in [1.165, 1.54) is 19.3 Å². The third-order valence-corrected chi connectivity index (χ3v) is 8.04. The van der Waals surface area contributed by atoms with E-state index in [4.69, 9.17) is 0 Å². The minimum Gasteiger partial charge on any atom is -0.303 e. The van der Waals surface area contributed by atoms with Gasteiger partial charge in [0.05, 0.1) is 4.90 Å². The Bertz CT molecular complexity index is 1090. The van der Waals surface area contributed by atoms with Gasteiger partial charge in [0, 0.05) is 18.0 Å². The Morgan fingerprint density at radius 2 is 1.65 bits per heavy atom. The fraction of sp³-hybridized carbons (Fsp3) is 0.391. The van der Waals surface area contributed by atoms with Gasteiger partial charge in [-0.3, -0.25) is 4.57 Å². The number of sulfone groups is 1. The van der Waals surface area contributed by atoms with Crippen LogP contribution in [-0.4, -0.2) is 53.5 Å². The van der Waals surface area contributed by atoms with Crippen LogP contribution in [0.1, 0.15) is 30.7 Å². The maximum Gasteiger partial charge on any atom is 0.195 e. The average Bonchev–Trinajstić information content (AvgIpc) is 3.17. The fourth-order valence-electron chi connectivity index (χ4n) is 3.77. The van der Waals surface area contributed by atoms with Crippen molar-refractivity contribution in [1.82, 2.24) is 19.7 Å². The topological polar surface area (TPSA) is 68.1 Å². The number of nitrogens with zero attached hydrogens (tertiary/aromatic N) is 4. The van der Waals surface area contributed by atoms with Crippen LogP contribution in [0.15, 0.2) is 64.6 Å². The Morgan fingerprint density at radius 3 is 2.35 bits per heavy atom. The highest BCUT2D eigenvalue weighted by Gasteiger charge is 2.22. The van der Waals surface area contributed by atoms with Gasteiger partial charge in [0.25, 0.3) is 0 Å². The van der Waals surface area contributed by atoms with E-state index in [-0.39, 0.29) is 5.75 Å². The Hall–Kier alpha value is -2.16. The first-order valence-corrected chi connectivity index (χ1v) is 13.3. The van der Waals surface area contributed by atoms with Crippen molar-refractivity contribution >= 4 is 21.6 Å². The predicted octanol–water partition coefficient (Wildman–Crippen LogP) is 4.13. The molecular weight excluding hydrogens is 428 g/mol. The summed E-state index contributed by atoms with van der Waals surface area (Å²) in [5.41, 5.74) is 1.90. The molecule has 6 nitrogen and oxygen atoms in total. The minimum absolute atomic E-state index is 0.190. The smallest absolute Gasteiger partial charge is 0.195 e. The molecule has 31 heavy (non-hydrogen) atoms. The highest BCUT2D eigenvalue weighted by Crippen LogP contribution is 2.25. The van der Waals surface area contributed by atoms with Crippen molar-refractivity contribution in [2.75, 3.05) is 25.4 Å². The summed E-state index contributed by atoms with van der Waals surface area (Å²) in [6.45, 7) is 5.26. The van der Waals surface area contributed by atoms with E-state index < -0.39 is 9.84 Å². The Balaban J connectivity index is 1.56. The first-order chi connectivity index (χ1) is 15.0. The number of para-hydroxylation sites is 1. The lowest BCUT2D eigenvalue weighted by atomic mass is 10.1. The molecule has 2 aromatic carbocycles. The van der Waals surface area contributed by atoms with Gasteiger partial charge in [-0.25, -0.2) is 8.42 Å². The Morgan fingerprint density at radius 1 is 0.935 bits per heavy atom. The van der Waals surface area contributed by atoms with Crippen molar-refractivity contribution in [3.05, 3.63) is 66.0 Å². The van der Waals surface area contributed by atoms with Crippen LogP contribution >= 0.6 is 11.8 Å². The molecule has 8 heteroatoms. The summed E-state index contributed by atoms with van der Waals surface area (Å²) in [6, 6.07) is 16.7. The van der Waals surface area contributed by atoms with E-state index in [2.05, 4.69) is 15.1 Å². The van der Waals surface area contributed by atoms with Crippen LogP contribution in [0.5, 0.6) is 0 Å². The number of benzene rings is 2. The maximum absolute atomic E-state index is 13.0. The number of aryl methyl sites for hydroxylation is 1. The molecule has 1 saturated heterocycles. The molecule has 1 aliphatic rings. The van der Waals surface area contributed by atoms with Crippen molar-refractivity contribution in [2.45, 2.75) is 42.0 Å². The molecule has 3 aromatic rings. The molecule has 1 aliphatic heterocycles. The summed E-state index contributed by atoms with van der Waals surface area (Å²) in [5, 5.41) is 9.38. The molecule has 164 valence electrons. The van der Waals surface area contributed by atoms with Gasteiger partial charge in [0.1, 0.15) is 5.75 Å². The lowest BCUT2D eigenvalue weighted by Crippen LogP contribution is -2.31. The summed E-state index contributed by atoms with van der Waals surface area (Å²) in [6.07, 6.45) is 3.86. The third kappa shape index (κ3) is 5.56. The Kier molecular flexibility index (Phi) is 7.09. The highest BCUT2D eigenvalue weighted by molar-refractivity contribution is 7.99. The maximum atomic E-state index is 13.0. The van der Waals surface area contributed by atoms with Gasteiger partial charge in [0.15, 0.2) is 20.8 Å². The number of rotatable bonds is 8. The lowest BCUT2D eigenvalue weighted by Gasteiger charge is -2.25. The standard InChI is InChI=1S/C23H28N4O2S2/c1-19-10-12-21(13-11-19)31(28,29)18-22-24-25-23(27(22)20-8-4-2-5-9-20)30-17-16-26-14-6-3-7-15-26/h2,4-5,8-13H,3,6-7,14-18H2,1H3.